The lowest BCUT2D eigenvalue weighted by molar-refractivity contribution is -0.125. The van der Waals surface area contributed by atoms with Crippen molar-refractivity contribution in [3.05, 3.63) is 66.2 Å². The lowest BCUT2D eigenvalue weighted by atomic mass is 9.80. The molecule has 2 aromatic rings. The number of benzene rings is 2. The van der Waals surface area contributed by atoms with Crippen molar-refractivity contribution in [3.63, 3.8) is 0 Å². The van der Waals surface area contributed by atoms with Gasteiger partial charge >= 0.3 is 0 Å². The summed E-state index contributed by atoms with van der Waals surface area (Å²) in [4.78, 5) is 14.5. The molecule has 23 heavy (non-hydrogen) atoms. The van der Waals surface area contributed by atoms with E-state index in [2.05, 4.69) is 36.2 Å². The zero-order chi connectivity index (χ0) is 16.5. The predicted octanol–water partition coefficient (Wildman–Crippen LogP) is 2.26. The number of nitrogens with one attached hydrogen (secondary N) is 1. The van der Waals surface area contributed by atoms with E-state index in [-0.39, 0.29) is 11.4 Å². The summed E-state index contributed by atoms with van der Waals surface area (Å²) in [5.74, 6) is -0.288. The van der Waals surface area contributed by atoms with Crippen LogP contribution in [0.4, 0.5) is 5.69 Å². The Hall–Kier alpha value is -2.33. The Labute approximate surface area is 137 Å². The van der Waals surface area contributed by atoms with Crippen LogP contribution in [0, 0.1) is 0 Å². The van der Waals surface area contributed by atoms with Gasteiger partial charge in [0.25, 0.3) is 0 Å². The number of hydrogen-bond acceptors (Lipinski definition) is 3. The first-order valence-corrected chi connectivity index (χ1v) is 7.90. The second-order valence-electron chi connectivity index (χ2n) is 6.60. The average molecular weight is 309 g/mol. The quantitative estimate of drug-likeness (QED) is 0.890. The first kappa shape index (κ1) is 15.6. The summed E-state index contributed by atoms with van der Waals surface area (Å²) in [6.07, 6.45) is 0. The fourth-order valence-electron chi connectivity index (χ4n) is 3.46. The Kier molecular flexibility index (Phi) is 3.86. The molecule has 4 heteroatoms. The van der Waals surface area contributed by atoms with Crippen LogP contribution < -0.4 is 16.0 Å². The second kappa shape index (κ2) is 5.70. The van der Waals surface area contributed by atoms with Crippen molar-refractivity contribution < 1.29 is 4.79 Å². The third-order valence-electron chi connectivity index (χ3n) is 4.78. The molecule has 2 aromatic carbocycles. The van der Waals surface area contributed by atoms with Gasteiger partial charge < -0.3 is 16.0 Å². The van der Waals surface area contributed by atoms with Gasteiger partial charge in [-0.1, -0.05) is 48.5 Å². The van der Waals surface area contributed by atoms with E-state index in [0.29, 0.717) is 13.1 Å². The van der Waals surface area contributed by atoms with Gasteiger partial charge in [-0.2, -0.15) is 0 Å². The average Bonchev–Trinajstić information content (AvgIpc) is 2.51. The fraction of sp³-hybridized carbons (Fsp3) is 0.316. The van der Waals surface area contributed by atoms with Crippen LogP contribution >= 0.6 is 0 Å². The number of nitrogens with zero attached hydrogens (tertiary/aromatic N) is 1. The van der Waals surface area contributed by atoms with Gasteiger partial charge in [-0.15, -0.1) is 0 Å². The highest BCUT2D eigenvalue weighted by atomic mass is 16.2. The van der Waals surface area contributed by atoms with Crippen LogP contribution in [0.1, 0.15) is 19.4 Å². The first-order chi connectivity index (χ1) is 11.0. The number of hydrogen-bond donors (Lipinski definition) is 2. The Morgan fingerprint density at radius 3 is 2.00 bits per heavy atom. The number of nitrogens with two attached hydrogens (primary N) is 1. The van der Waals surface area contributed by atoms with Crippen molar-refractivity contribution >= 4 is 11.6 Å². The monoisotopic (exact) mass is 309 g/mol. The van der Waals surface area contributed by atoms with Crippen molar-refractivity contribution in [2.75, 3.05) is 18.0 Å². The molecule has 0 atom stereocenters. The molecule has 1 fully saturated rings. The minimum atomic E-state index is -0.708. The normalized spacial score (nSPS) is 16.4. The maximum atomic E-state index is 12.3. The zero-order valence-corrected chi connectivity index (χ0v) is 13.6. The van der Waals surface area contributed by atoms with Crippen LogP contribution in [-0.2, 0) is 10.3 Å². The molecule has 1 aliphatic heterocycles. The number of primary amides is 1. The smallest absolute Gasteiger partial charge is 0.246 e. The SMILES string of the molecule is CC(C)(c1ccccc1)N(c1ccccc1)C1(C(N)=O)CNC1. The van der Waals surface area contributed by atoms with Crippen molar-refractivity contribution in [1.82, 2.24) is 5.32 Å². The number of anilines is 1. The standard InChI is InChI=1S/C19H23N3O/c1-18(2,15-9-5-3-6-10-15)22(16-11-7-4-8-12-16)19(17(20)23)13-21-14-19/h3-12,21H,13-14H2,1-2H3,(H2,20,23). The molecule has 0 spiro atoms. The van der Waals surface area contributed by atoms with Gasteiger partial charge in [0.2, 0.25) is 5.91 Å². The van der Waals surface area contributed by atoms with E-state index >= 15 is 0 Å². The molecular weight excluding hydrogens is 286 g/mol. The van der Waals surface area contributed by atoms with Crippen LogP contribution in [0.5, 0.6) is 0 Å². The van der Waals surface area contributed by atoms with E-state index in [1.54, 1.807) is 0 Å². The number of amides is 1. The molecule has 3 rings (SSSR count). The van der Waals surface area contributed by atoms with Crippen molar-refractivity contribution in [3.8, 4) is 0 Å². The molecule has 0 aliphatic carbocycles. The Balaban J connectivity index is 2.15. The largest absolute Gasteiger partial charge is 0.368 e. The van der Waals surface area contributed by atoms with E-state index in [1.807, 2.05) is 48.5 Å². The van der Waals surface area contributed by atoms with Gasteiger partial charge in [0.15, 0.2) is 0 Å². The molecule has 3 N–H and O–H groups in total. The van der Waals surface area contributed by atoms with Gasteiger partial charge in [-0.05, 0) is 31.5 Å². The number of para-hydroxylation sites is 1. The molecule has 1 heterocycles. The molecule has 4 nitrogen and oxygen atoms in total. The maximum absolute atomic E-state index is 12.3. The topological polar surface area (TPSA) is 58.4 Å². The predicted molar refractivity (Wildman–Crippen MR) is 93.2 cm³/mol. The Morgan fingerprint density at radius 2 is 1.57 bits per heavy atom. The molecule has 1 aliphatic rings. The maximum Gasteiger partial charge on any atom is 0.246 e. The summed E-state index contributed by atoms with van der Waals surface area (Å²) in [6, 6.07) is 20.3. The zero-order valence-electron chi connectivity index (χ0n) is 13.6. The van der Waals surface area contributed by atoms with Crippen LogP contribution in [0.3, 0.4) is 0 Å². The minimum Gasteiger partial charge on any atom is -0.368 e. The van der Waals surface area contributed by atoms with Crippen molar-refractivity contribution in [2.24, 2.45) is 5.73 Å². The van der Waals surface area contributed by atoms with Crippen LogP contribution in [0.2, 0.25) is 0 Å². The molecular formula is C19H23N3O. The van der Waals surface area contributed by atoms with Gasteiger partial charge in [-0.3, -0.25) is 4.79 Å². The summed E-state index contributed by atoms with van der Waals surface area (Å²) in [5, 5.41) is 3.21. The highest BCUT2D eigenvalue weighted by Crippen LogP contribution is 2.40. The first-order valence-electron chi connectivity index (χ1n) is 7.90. The molecule has 1 amide bonds. The summed E-state index contributed by atoms with van der Waals surface area (Å²) in [7, 11) is 0. The summed E-state index contributed by atoms with van der Waals surface area (Å²) in [5.41, 5.74) is 6.89. The Bertz CT molecular complexity index is 678. The van der Waals surface area contributed by atoms with Gasteiger partial charge in [0.1, 0.15) is 5.54 Å². The summed E-state index contributed by atoms with van der Waals surface area (Å²) in [6.45, 7) is 5.40. The van der Waals surface area contributed by atoms with Crippen LogP contribution in [-0.4, -0.2) is 24.5 Å². The molecule has 0 bridgehead atoms. The number of rotatable bonds is 5. The molecule has 120 valence electrons. The van der Waals surface area contributed by atoms with Gasteiger partial charge in [0.05, 0.1) is 5.54 Å². The third kappa shape index (κ3) is 2.49. The molecule has 0 unspecified atom stereocenters. The van der Waals surface area contributed by atoms with E-state index in [4.69, 9.17) is 5.73 Å². The Morgan fingerprint density at radius 1 is 1.04 bits per heavy atom. The lowest BCUT2D eigenvalue weighted by Gasteiger charge is -2.56. The van der Waals surface area contributed by atoms with Gasteiger partial charge in [-0.25, -0.2) is 0 Å². The second-order valence-corrected chi connectivity index (χ2v) is 6.60. The van der Waals surface area contributed by atoms with E-state index < -0.39 is 5.54 Å². The lowest BCUT2D eigenvalue weighted by Crippen LogP contribution is -2.77. The summed E-state index contributed by atoms with van der Waals surface area (Å²) < 4.78 is 0. The highest BCUT2D eigenvalue weighted by Gasteiger charge is 2.53. The molecule has 0 radical (unpaired) electrons. The minimum absolute atomic E-state index is 0.288. The van der Waals surface area contributed by atoms with Crippen molar-refractivity contribution in [1.29, 1.82) is 0 Å². The molecule has 0 aromatic heterocycles. The van der Waals surface area contributed by atoms with Crippen LogP contribution in [0.15, 0.2) is 60.7 Å². The van der Waals surface area contributed by atoms with Crippen LogP contribution in [0.25, 0.3) is 0 Å². The number of carbonyl (C=O) groups is 1. The fourth-order valence-corrected chi connectivity index (χ4v) is 3.46. The highest BCUT2D eigenvalue weighted by molar-refractivity contribution is 5.91. The third-order valence-corrected chi connectivity index (χ3v) is 4.78. The van der Waals surface area contributed by atoms with Gasteiger partial charge in [0, 0.05) is 18.8 Å². The summed E-state index contributed by atoms with van der Waals surface area (Å²) >= 11 is 0. The number of carbonyl (C=O) groups excluding carboxylic acids is 1. The van der Waals surface area contributed by atoms with E-state index in [0.717, 1.165) is 11.3 Å². The van der Waals surface area contributed by atoms with Crippen molar-refractivity contribution in [2.45, 2.75) is 24.9 Å². The van der Waals surface area contributed by atoms with E-state index in [1.165, 1.54) is 0 Å². The van der Waals surface area contributed by atoms with E-state index in [9.17, 15) is 4.79 Å². The molecule has 1 saturated heterocycles. The molecule has 0 saturated carbocycles.